The first-order valence-electron chi connectivity index (χ1n) is 9.96. The van der Waals surface area contributed by atoms with Gasteiger partial charge in [0.05, 0.1) is 23.1 Å². The van der Waals surface area contributed by atoms with E-state index in [2.05, 4.69) is 5.32 Å². The second kappa shape index (κ2) is 8.83. The third kappa shape index (κ3) is 4.40. The number of ether oxygens (including phenoxy) is 2. The predicted octanol–water partition coefficient (Wildman–Crippen LogP) is 3.93. The standard InChI is InChI=1S/C21H23ClN2O5S/c22-18-13-15(14-19-20(18)29-12-4-11-28-19)21(25)23-16-5-7-17(8-6-16)30(26,27)24-9-2-1-3-10-24/h5-8,13-14H,1-4,9-12H2,(H,23,25). The van der Waals surface area contributed by atoms with Crippen LogP contribution >= 0.6 is 11.6 Å². The molecule has 9 heteroatoms. The highest BCUT2D eigenvalue weighted by molar-refractivity contribution is 7.89. The molecule has 160 valence electrons. The molecule has 0 aromatic heterocycles. The first kappa shape index (κ1) is 21.0. The molecule has 2 aromatic rings. The molecule has 2 aliphatic heterocycles. The van der Waals surface area contributed by atoms with Crippen LogP contribution in [0.15, 0.2) is 41.3 Å². The molecule has 2 aromatic carbocycles. The number of rotatable bonds is 4. The van der Waals surface area contributed by atoms with Crippen molar-refractivity contribution >= 4 is 33.2 Å². The van der Waals surface area contributed by atoms with Gasteiger partial charge in [-0.05, 0) is 49.2 Å². The van der Waals surface area contributed by atoms with Crippen molar-refractivity contribution in [3.63, 3.8) is 0 Å². The number of halogens is 1. The minimum atomic E-state index is -3.51. The van der Waals surface area contributed by atoms with Gasteiger partial charge in [-0.3, -0.25) is 4.79 Å². The first-order valence-corrected chi connectivity index (χ1v) is 11.8. The number of sulfonamides is 1. The normalized spacial score (nSPS) is 17.2. The molecule has 4 rings (SSSR count). The van der Waals surface area contributed by atoms with Crippen molar-refractivity contribution in [1.82, 2.24) is 4.31 Å². The van der Waals surface area contributed by atoms with Gasteiger partial charge in [-0.15, -0.1) is 0 Å². The number of piperidine rings is 1. The summed E-state index contributed by atoms with van der Waals surface area (Å²) < 4.78 is 38.2. The zero-order chi connectivity index (χ0) is 21.1. The third-order valence-electron chi connectivity index (χ3n) is 5.13. The van der Waals surface area contributed by atoms with E-state index in [0.29, 0.717) is 54.1 Å². The van der Waals surface area contributed by atoms with Crippen molar-refractivity contribution < 1.29 is 22.7 Å². The van der Waals surface area contributed by atoms with E-state index in [4.69, 9.17) is 21.1 Å². The average molecular weight is 451 g/mol. The number of benzene rings is 2. The number of anilines is 1. The Labute approximate surface area is 181 Å². The zero-order valence-electron chi connectivity index (χ0n) is 16.4. The second-order valence-electron chi connectivity index (χ2n) is 7.28. The van der Waals surface area contributed by atoms with E-state index in [1.807, 2.05) is 0 Å². The van der Waals surface area contributed by atoms with Gasteiger partial charge >= 0.3 is 0 Å². The Morgan fingerprint density at radius 3 is 2.40 bits per heavy atom. The van der Waals surface area contributed by atoms with Crippen LogP contribution in [0.2, 0.25) is 5.02 Å². The molecule has 1 amide bonds. The molecular formula is C21H23ClN2O5S. The quantitative estimate of drug-likeness (QED) is 0.762. The van der Waals surface area contributed by atoms with E-state index in [1.54, 1.807) is 18.2 Å². The first-order chi connectivity index (χ1) is 14.4. The number of amides is 1. The molecule has 1 fully saturated rings. The molecule has 0 atom stereocenters. The van der Waals surface area contributed by atoms with Gasteiger partial charge in [-0.1, -0.05) is 18.0 Å². The summed E-state index contributed by atoms with van der Waals surface area (Å²) >= 11 is 6.26. The van der Waals surface area contributed by atoms with Crippen LogP contribution in [-0.2, 0) is 10.0 Å². The van der Waals surface area contributed by atoms with Gasteiger partial charge in [0.25, 0.3) is 5.91 Å². The molecule has 1 saturated heterocycles. The predicted molar refractivity (Wildman–Crippen MR) is 114 cm³/mol. The Bertz CT molecular complexity index is 1030. The van der Waals surface area contributed by atoms with Crippen LogP contribution in [0, 0.1) is 0 Å². The van der Waals surface area contributed by atoms with Crippen LogP contribution < -0.4 is 14.8 Å². The molecule has 0 saturated carbocycles. The summed E-state index contributed by atoms with van der Waals surface area (Å²) in [6.45, 7) is 2.09. The monoisotopic (exact) mass is 450 g/mol. The van der Waals surface area contributed by atoms with Crippen molar-refractivity contribution in [1.29, 1.82) is 0 Å². The van der Waals surface area contributed by atoms with Crippen molar-refractivity contribution in [2.24, 2.45) is 0 Å². The minimum Gasteiger partial charge on any atom is -0.489 e. The van der Waals surface area contributed by atoms with Crippen molar-refractivity contribution in [3.05, 3.63) is 47.0 Å². The number of hydrogen-bond acceptors (Lipinski definition) is 5. The molecule has 0 bridgehead atoms. The Balaban J connectivity index is 1.49. The van der Waals surface area contributed by atoms with Crippen LogP contribution in [0.3, 0.4) is 0 Å². The summed E-state index contributed by atoms with van der Waals surface area (Å²) in [5, 5.41) is 3.07. The van der Waals surface area contributed by atoms with Crippen LogP contribution in [0.1, 0.15) is 36.0 Å². The molecule has 30 heavy (non-hydrogen) atoms. The number of hydrogen-bond donors (Lipinski definition) is 1. The van der Waals surface area contributed by atoms with Gasteiger partial charge in [0.2, 0.25) is 10.0 Å². The molecule has 2 aliphatic rings. The average Bonchev–Trinajstić information content (AvgIpc) is 3.01. The fraction of sp³-hybridized carbons (Fsp3) is 0.381. The van der Waals surface area contributed by atoms with Crippen molar-refractivity contribution in [3.8, 4) is 11.5 Å². The maximum atomic E-state index is 12.7. The van der Waals surface area contributed by atoms with Crippen LogP contribution in [0.5, 0.6) is 11.5 Å². The van der Waals surface area contributed by atoms with Crippen LogP contribution in [0.25, 0.3) is 0 Å². The molecule has 0 spiro atoms. The summed E-state index contributed by atoms with van der Waals surface area (Å²) in [5.74, 6) is 0.505. The Morgan fingerprint density at radius 2 is 1.67 bits per heavy atom. The van der Waals surface area contributed by atoms with E-state index >= 15 is 0 Å². The SMILES string of the molecule is O=C(Nc1ccc(S(=O)(=O)N2CCCCC2)cc1)c1cc(Cl)c2c(c1)OCCCO2. The lowest BCUT2D eigenvalue weighted by atomic mass is 10.1. The highest BCUT2D eigenvalue weighted by Crippen LogP contribution is 2.38. The fourth-order valence-corrected chi connectivity index (χ4v) is 5.31. The number of carbonyl (C=O) groups is 1. The topological polar surface area (TPSA) is 84.9 Å². The van der Waals surface area contributed by atoms with Crippen LogP contribution in [0.4, 0.5) is 5.69 Å². The van der Waals surface area contributed by atoms with Gasteiger partial charge in [-0.25, -0.2) is 8.42 Å². The molecule has 0 aliphatic carbocycles. The summed E-state index contributed by atoms with van der Waals surface area (Å²) in [7, 11) is -3.51. The molecule has 2 heterocycles. The smallest absolute Gasteiger partial charge is 0.255 e. The number of fused-ring (bicyclic) bond motifs is 1. The lowest BCUT2D eigenvalue weighted by Crippen LogP contribution is -2.35. The summed E-state index contributed by atoms with van der Waals surface area (Å²) in [5.41, 5.74) is 0.815. The maximum Gasteiger partial charge on any atom is 0.255 e. The van der Waals surface area contributed by atoms with E-state index in [9.17, 15) is 13.2 Å². The molecule has 0 radical (unpaired) electrons. The molecule has 0 unspecified atom stereocenters. The largest absolute Gasteiger partial charge is 0.489 e. The Kier molecular flexibility index (Phi) is 6.17. The van der Waals surface area contributed by atoms with Crippen molar-refractivity contribution in [2.75, 3.05) is 31.6 Å². The lowest BCUT2D eigenvalue weighted by Gasteiger charge is -2.25. The van der Waals surface area contributed by atoms with Gasteiger partial charge in [0.1, 0.15) is 0 Å². The van der Waals surface area contributed by atoms with E-state index in [0.717, 1.165) is 25.7 Å². The summed E-state index contributed by atoms with van der Waals surface area (Å²) in [6.07, 6.45) is 3.55. The molecular weight excluding hydrogens is 428 g/mol. The van der Waals surface area contributed by atoms with E-state index in [-0.39, 0.29) is 10.8 Å². The lowest BCUT2D eigenvalue weighted by molar-refractivity contribution is 0.102. The zero-order valence-corrected chi connectivity index (χ0v) is 18.0. The number of nitrogens with zero attached hydrogens (tertiary/aromatic N) is 1. The van der Waals surface area contributed by atoms with Gasteiger partial charge in [0, 0.05) is 30.8 Å². The summed E-state index contributed by atoms with van der Waals surface area (Å²) in [4.78, 5) is 12.9. The van der Waals surface area contributed by atoms with Gasteiger partial charge in [0.15, 0.2) is 11.5 Å². The number of nitrogens with one attached hydrogen (secondary N) is 1. The van der Waals surface area contributed by atoms with Gasteiger partial charge < -0.3 is 14.8 Å². The minimum absolute atomic E-state index is 0.223. The highest BCUT2D eigenvalue weighted by Gasteiger charge is 2.26. The fourth-order valence-electron chi connectivity index (χ4n) is 3.53. The third-order valence-corrected chi connectivity index (χ3v) is 7.32. The highest BCUT2D eigenvalue weighted by atomic mass is 35.5. The summed E-state index contributed by atoms with van der Waals surface area (Å²) in [6, 6.07) is 9.32. The van der Waals surface area contributed by atoms with Crippen LogP contribution in [-0.4, -0.2) is 44.9 Å². The van der Waals surface area contributed by atoms with E-state index < -0.39 is 10.0 Å². The Morgan fingerprint density at radius 1 is 0.967 bits per heavy atom. The number of carbonyl (C=O) groups excluding carboxylic acids is 1. The van der Waals surface area contributed by atoms with Gasteiger partial charge in [-0.2, -0.15) is 4.31 Å². The second-order valence-corrected chi connectivity index (χ2v) is 9.62. The molecule has 7 nitrogen and oxygen atoms in total. The Hall–Kier alpha value is -2.29. The van der Waals surface area contributed by atoms with Crippen molar-refractivity contribution in [2.45, 2.75) is 30.6 Å². The van der Waals surface area contributed by atoms with E-state index in [1.165, 1.54) is 22.5 Å². The molecule has 1 N–H and O–H groups in total. The maximum absolute atomic E-state index is 12.7.